The number of allylic oxidation sites excluding steroid dienone is 1. The van der Waals surface area contributed by atoms with Gasteiger partial charge >= 0.3 is 0 Å². The van der Waals surface area contributed by atoms with Gasteiger partial charge in [0.25, 0.3) is 0 Å². The topological polar surface area (TPSA) is 55.1 Å². The van der Waals surface area contributed by atoms with Crippen LogP contribution in [-0.2, 0) is 24.1 Å². The van der Waals surface area contributed by atoms with E-state index in [1.54, 1.807) is 7.05 Å². The summed E-state index contributed by atoms with van der Waals surface area (Å²) in [6, 6.07) is 14.9. The molecule has 0 unspecified atom stereocenters. The largest absolute Gasteiger partial charge is 0.440 e. The molecule has 0 radical (unpaired) electrons. The second-order valence-corrected chi connectivity index (χ2v) is 7.16. The highest BCUT2D eigenvalue weighted by Gasteiger charge is 2.20. The number of nitrogens with zero attached hydrogens (tertiary/aromatic N) is 1. The predicted octanol–water partition coefficient (Wildman–Crippen LogP) is 5.10. The molecule has 0 bridgehead atoms. The number of amides is 1. The van der Waals surface area contributed by atoms with Gasteiger partial charge in [0, 0.05) is 26.0 Å². The Balaban J connectivity index is 0.000000403. The van der Waals surface area contributed by atoms with Crippen LogP contribution in [0.25, 0.3) is 16.7 Å². The highest BCUT2D eigenvalue weighted by Crippen LogP contribution is 2.36. The minimum atomic E-state index is 0.00463. The van der Waals surface area contributed by atoms with E-state index in [-0.39, 0.29) is 5.91 Å². The highest BCUT2D eigenvalue weighted by atomic mass is 16.3. The van der Waals surface area contributed by atoms with Gasteiger partial charge in [-0.25, -0.2) is 4.98 Å². The average Bonchev–Trinajstić information content (AvgIpc) is 3.29. The summed E-state index contributed by atoms with van der Waals surface area (Å²) in [5, 5.41) is 2.39. The third-order valence-electron chi connectivity index (χ3n) is 5.04. The molecule has 1 amide bonds. The number of hydrogen-bond acceptors (Lipinski definition) is 3. The zero-order chi connectivity index (χ0) is 19.9. The lowest BCUT2D eigenvalue weighted by Gasteiger charge is -2.00. The summed E-state index contributed by atoms with van der Waals surface area (Å²) < 4.78 is 6.06. The molecule has 0 saturated carbocycles. The smallest absolute Gasteiger partial charge is 0.216 e. The van der Waals surface area contributed by atoms with Crippen molar-refractivity contribution in [3.8, 4) is 0 Å². The maximum atomic E-state index is 9.70. The number of rotatable bonds is 5. The van der Waals surface area contributed by atoms with Gasteiger partial charge in [-0.1, -0.05) is 43.0 Å². The minimum Gasteiger partial charge on any atom is -0.440 e. The normalized spacial score (nSPS) is 12.4. The van der Waals surface area contributed by atoms with Crippen LogP contribution in [-0.4, -0.2) is 17.9 Å². The molecule has 1 aromatic heterocycles. The number of carbonyl (C=O) groups excluding carboxylic acids is 1. The van der Waals surface area contributed by atoms with Gasteiger partial charge in [-0.3, -0.25) is 4.79 Å². The van der Waals surface area contributed by atoms with Crippen LogP contribution in [0, 0.1) is 0 Å². The predicted molar refractivity (Wildman–Crippen MR) is 114 cm³/mol. The molecule has 0 spiro atoms. The van der Waals surface area contributed by atoms with Crippen LogP contribution >= 0.6 is 0 Å². The molecule has 3 aromatic rings. The number of fused-ring (bicyclic) bond motifs is 3. The Kier molecular flexibility index (Phi) is 6.64. The summed E-state index contributed by atoms with van der Waals surface area (Å²) in [4.78, 5) is 14.4. The quantitative estimate of drug-likeness (QED) is 0.630. The highest BCUT2D eigenvalue weighted by molar-refractivity contribution is 5.90. The first-order valence-electron chi connectivity index (χ1n) is 9.90. The third kappa shape index (κ3) is 4.89. The number of nitrogens with one attached hydrogen (secondary N) is 1. The van der Waals surface area contributed by atoms with Crippen LogP contribution in [0.3, 0.4) is 0 Å². The van der Waals surface area contributed by atoms with Crippen molar-refractivity contribution in [2.45, 2.75) is 45.4 Å². The first-order valence-corrected chi connectivity index (χ1v) is 9.90. The molecule has 0 saturated heterocycles. The number of oxazole rings is 1. The Morgan fingerprint density at radius 2 is 1.82 bits per heavy atom. The average molecular weight is 377 g/mol. The zero-order valence-electron chi connectivity index (χ0n) is 16.8. The van der Waals surface area contributed by atoms with Crippen LogP contribution in [0.2, 0.25) is 0 Å². The van der Waals surface area contributed by atoms with Crippen molar-refractivity contribution in [1.82, 2.24) is 10.3 Å². The molecule has 146 valence electrons. The van der Waals surface area contributed by atoms with Gasteiger partial charge in [-0.15, -0.1) is 0 Å². The lowest BCUT2D eigenvalue weighted by molar-refractivity contribution is -0.118. The summed E-state index contributed by atoms with van der Waals surface area (Å²) in [7, 11) is 1.60. The van der Waals surface area contributed by atoms with Gasteiger partial charge in [0.2, 0.25) is 5.91 Å². The Morgan fingerprint density at radius 1 is 1.11 bits per heavy atom. The Bertz CT molecular complexity index is 957. The van der Waals surface area contributed by atoms with E-state index in [9.17, 15) is 4.79 Å². The van der Waals surface area contributed by atoms with E-state index in [0.29, 0.717) is 0 Å². The molecular formula is C24H28N2O2. The van der Waals surface area contributed by atoms with E-state index in [0.717, 1.165) is 55.5 Å². The number of unbranched alkanes of at least 4 members (excludes halogenated alkanes) is 1. The molecular weight excluding hydrogens is 348 g/mol. The summed E-state index contributed by atoms with van der Waals surface area (Å²) in [5.74, 6) is 0.867. The van der Waals surface area contributed by atoms with Crippen LogP contribution < -0.4 is 5.32 Å². The lowest BCUT2D eigenvalue weighted by Crippen LogP contribution is -2.11. The number of aryl methyl sites for hydroxylation is 3. The van der Waals surface area contributed by atoms with Crippen molar-refractivity contribution in [2.24, 2.45) is 0 Å². The summed E-state index contributed by atoms with van der Waals surface area (Å²) in [6.07, 6.45) is 6.41. The second-order valence-electron chi connectivity index (χ2n) is 7.16. The van der Waals surface area contributed by atoms with E-state index >= 15 is 0 Å². The lowest BCUT2D eigenvalue weighted by atomic mass is 10.1. The minimum absolute atomic E-state index is 0.00463. The molecule has 4 heteroatoms. The van der Waals surface area contributed by atoms with Crippen molar-refractivity contribution in [1.29, 1.82) is 0 Å². The van der Waals surface area contributed by atoms with Crippen LogP contribution in [0.15, 0.2) is 53.5 Å². The van der Waals surface area contributed by atoms with Crippen LogP contribution in [0.1, 0.15) is 48.8 Å². The zero-order valence-corrected chi connectivity index (χ0v) is 16.8. The van der Waals surface area contributed by atoms with Crippen molar-refractivity contribution >= 4 is 22.6 Å². The second kappa shape index (κ2) is 9.36. The van der Waals surface area contributed by atoms with E-state index < -0.39 is 0 Å². The van der Waals surface area contributed by atoms with Gasteiger partial charge in [-0.2, -0.15) is 0 Å². The molecule has 4 rings (SSSR count). The SMILES string of the molecule is C=C1CCc2ccc3nc(CCCCc4ccccc4)oc3c21.CNC(C)=O. The fourth-order valence-corrected chi connectivity index (χ4v) is 3.44. The summed E-state index contributed by atoms with van der Waals surface area (Å²) >= 11 is 0. The monoisotopic (exact) mass is 376 g/mol. The van der Waals surface area contributed by atoms with Gasteiger partial charge in [-0.05, 0) is 54.9 Å². The molecule has 0 atom stereocenters. The number of aromatic nitrogens is 1. The van der Waals surface area contributed by atoms with Gasteiger partial charge in [0.1, 0.15) is 5.52 Å². The van der Waals surface area contributed by atoms with E-state index in [1.165, 1.54) is 29.2 Å². The fourth-order valence-electron chi connectivity index (χ4n) is 3.44. The van der Waals surface area contributed by atoms with E-state index in [4.69, 9.17) is 4.42 Å². The van der Waals surface area contributed by atoms with Crippen molar-refractivity contribution in [3.63, 3.8) is 0 Å². The van der Waals surface area contributed by atoms with Crippen LogP contribution in [0.5, 0.6) is 0 Å². The van der Waals surface area contributed by atoms with E-state index in [1.807, 2.05) is 0 Å². The Hall–Kier alpha value is -2.88. The van der Waals surface area contributed by atoms with Gasteiger partial charge < -0.3 is 9.73 Å². The molecule has 2 aromatic carbocycles. The first-order chi connectivity index (χ1) is 13.6. The molecule has 4 nitrogen and oxygen atoms in total. The summed E-state index contributed by atoms with van der Waals surface area (Å²) in [6.45, 7) is 5.65. The number of carbonyl (C=O) groups is 1. The molecule has 1 heterocycles. The Labute approximate surface area is 166 Å². The third-order valence-corrected chi connectivity index (χ3v) is 5.04. The maximum Gasteiger partial charge on any atom is 0.216 e. The van der Waals surface area contributed by atoms with E-state index in [2.05, 4.69) is 59.3 Å². The number of benzene rings is 2. The van der Waals surface area contributed by atoms with Crippen molar-refractivity contribution < 1.29 is 9.21 Å². The molecule has 1 aliphatic carbocycles. The fraction of sp³-hybridized carbons (Fsp3) is 0.333. The van der Waals surface area contributed by atoms with Gasteiger partial charge in [0.05, 0.1) is 0 Å². The molecule has 28 heavy (non-hydrogen) atoms. The van der Waals surface area contributed by atoms with Gasteiger partial charge in [0.15, 0.2) is 11.5 Å². The van der Waals surface area contributed by atoms with Crippen molar-refractivity contribution in [3.05, 3.63) is 71.6 Å². The van der Waals surface area contributed by atoms with Crippen molar-refractivity contribution in [2.75, 3.05) is 7.05 Å². The number of hydrogen-bond donors (Lipinski definition) is 1. The summed E-state index contributed by atoms with van der Waals surface area (Å²) in [5.41, 5.74) is 7.09. The standard InChI is InChI=1S/C21H21NO.C3H7NO/c1-15-11-12-17-13-14-18-21(20(15)17)23-19(22-18)10-6-5-9-16-7-3-2-4-8-16;1-3(5)4-2/h2-4,7-8,13-14H,1,5-6,9-12H2;1-2H3,(H,4,5). The molecule has 0 fully saturated rings. The Morgan fingerprint density at radius 3 is 2.54 bits per heavy atom. The molecule has 1 N–H and O–H groups in total. The van der Waals surface area contributed by atoms with Crippen LogP contribution in [0.4, 0.5) is 0 Å². The maximum absolute atomic E-state index is 9.70. The first kappa shape index (κ1) is 19.9. The molecule has 1 aliphatic rings. The molecule has 0 aliphatic heterocycles.